The molecule has 3 rings (SSSR count). The molecular formula is C20H22N4O3. The SMILES string of the molecule is CCc1ccc(C(=O)NNC(=O)c2cc(C)n(-c3cc(C)on3)c2C)cc1. The Hall–Kier alpha value is -3.35. The standard InChI is InChI=1S/C20H22N4O3/c1-5-15-6-8-16(9-7-15)19(25)21-22-20(26)17-10-12(2)24(14(17)4)18-11-13(3)27-23-18/h6-11H,5H2,1-4H3,(H,21,25)(H,22,26). The number of hydrogen-bond donors (Lipinski definition) is 2. The van der Waals surface area contributed by atoms with E-state index in [9.17, 15) is 9.59 Å². The van der Waals surface area contributed by atoms with Gasteiger partial charge in [0.05, 0.1) is 5.56 Å². The molecule has 2 aromatic heterocycles. The maximum absolute atomic E-state index is 12.5. The Morgan fingerprint density at radius 2 is 1.70 bits per heavy atom. The highest BCUT2D eigenvalue weighted by Gasteiger charge is 2.19. The number of carbonyl (C=O) groups is 2. The molecule has 0 aliphatic heterocycles. The molecule has 0 bridgehead atoms. The molecule has 3 aromatic rings. The predicted octanol–water partition coefficient (Wildman–Crippen LogP) is 3.03. The normalized spacial score (nSPS) is 10.7. The van der Waals surface area contributed by atoms with Gasteiger partial charge in [-0.05, 0) is 51.0 Å². The molecule has 0 spiro atoms. The molecule has 27 heavy (non-hydrogen) atoms. The van der Waals surface area contributed by atoms with Gasteiger partial charge in [0.2, 0.25) is 0 Å². The molecule has 0 radical (unpaired) electrons. The molecule has 1 aromatic carbocycles. The molecule has 0 saturated heterocycles. The molecule has 2 amide bonds. The van der Waals surface area contributed by atoms with E-state index < -0.39 is 5.91 Å². The quantitative estimate of drug-likeness (QED) is 0.695. The first-order chi connectivity index (χ1) is 12.9. The summed E-state index contributed by atoms with van der Waals surface area (Å²) in [4.78, 5) is 24.7. The summed E-state index contributed by atoms with van der Waals surface area (Å²) < 4.78 is 6.94. The highest BCUT2D eigenvalue weighted by atomic mass is 16.5. The molecule has 0 unspecified atom stereocenters. The number of amides is 2. The smallest absolute Gasteiger partial charge is 0.271 e. The average Bonchev–Trinajstić information content (AvgIpc) is 3.21. The van der Waals surface area contributed by atoms with Crippen LogP contribution in [-0.2, 0) is 6.42 Å². The third-order valence-electron chi connectivity index (χ3n) is 4.43. The van der Waals surface area contributed by atoms with Crippen molar-refractivity contribution in [1.29, 1.82) is 0 Å². The zero-order valence-electron chi connectivity index (χ0n) is 15.8. The van der Waals surface area contributed by atoms with Gasteiger partial charge in [-0.15, -0.1) is 0 Å². The molecule has 7 nitrogen and oxygen atoms in total. The second-order valence-corrected chi connectivity index (χ2v) is 6.37. The Morgan fingerprint density at radius 1 is 1.04 bits per heavy atom. The summed E-state index contributed by atoms with van der Waals surface area (Å²) >= 11 is 0. The molecule has 7 heteroatoms. The maximum Gasteiger partial charge on any atom is 0.271 e. The van der Waals surface area contributed by atoms with E-state index in [1.807, 2.05) is 37.5 Å². The number of aryl methyl sites for hydroxylation is 3. The monoisotopic (exact) mass is 366 g/mol. The zero-order valence-corrected chi connectivity index (χ0v) is 15.8. The van der Waals surface area contributed by atoms with Crippen LogP contribution in [0.1, 0.15) is 50.4 Å². The summed E-state index contributed by atoms with van der Waals surface area (Å²) in [5.41, 5.74) is 8.55. The first-order valence-electron chi connectivity index (χ1n) is 8.73. The van der Waals surface area contributed by atoms with Gasteiger partial charge in [0, 0.05) is 23.0 Å². The summed E-state index contributed by atoms with van der Waals surface area (Å²) in [5, 5.41) is 3.99. The van der Waals surface area contributed by atoms with E-state index in [1.54, 1.807) is 31.2 Å². The number of hydrogen-bond acceptors (Lipinski definition) is 4. The largest absolute Gasteiger partial charge is 0.360 e. The number of nitrogens with zero attached hydrogens (tertiary/aromatic N) is 2. The second-order valence-electron chi connectivity index (χ2n) is 6.37. The zero-order chi connectivity index (χ0) is 19.6. The van der Waals surface area contributed by atoms with Crippen LogP contribution in [0.5, 0.6) is 0 Å². The van der Waals surface area contributed by atoms with Gasteiger partial charge in [-0.3, -0.25) is 25.0 Å². The number of rotatable bonds is 4. The van der Waals surface area contributed by atoms with E-state index in [0.29, 0.717) is 28.4 Å². The highest BCUT2D eigenvalue weighted by Crippen LogP contribution is 2.20. The Balaban J connectivity index is 1.72. The van der Waals surface area contributed by atoms with Crippen molar-refractivity contribution in [3.05, 3.63) is 70.2 Å². The Bertz CT molecular complexity index is 983. The van der Waals surface area contributed by atoms with E-state index in [-0.39, 0.29) is 5.91 Å². The van der Waals surface area contributed by atoms with Crippen LogP contribution in [0.3, 0.4) is 0 Å². The number of aromatic nitrogens is 2. The fourth-order valence-electron chi connectivity index (χ4n) is 2.95. The summed E-state index contributed by atoms with van der Waals surface area (Å²) in [7, 11) is 0. The summed E-state index contributed by atoms with van der Waals surface area (Å²) in [6.45, 7) is 7.55. The Morgan fingerprint density at radius 3 is 2.30 bits per heavy atom. The molecule has 2 heterocycles. The minimum absolute atomic E-state index is 0.369. The summed E-state index contributed by atoms with van der Waals surface area (Å²) in [5.74, 6) is 0.534. The van der Waals surface area contributed by atoms with E-state index in [0.717, 1.165) is 17.7 Å². The minimum Gasteiger partial charge on any atom is -0.360 e. The van der Waals surface area contributed by atoms with Gasteiger partial charge in [-0.1, -0.05) is 24.2 Å². The van der Waals surface area contributed by atoms with Crippen LogP contribution in [-0.4, -0.2) is 21.5 Å². The molecule has 0 atom stereocenters. The number of nitrogens with one attached hydrogen (secondary N) is 2. The first-order valence-corrected chi connectivity index (χ1v) is 8.73. The van der Waals surface area contributed by atoms with Crippen molar-refractivity contribution in [2.24, 2.45) is 0 Å². The second kappa shape index (κ2) is 7.49. The molecule has 0 saturated carbocycles. The van der Waals surface area contributed by atoms with Gasteiger partial charge in [0.25, 0.3) is 11.8 Å². The molecule has 140 valence electrons. The lowest BCUT2D eigenvalue weighted by atomic mass is 10.1. The van der Waals surface area contributed by atoms with E-state index in [2.05, 4.69) is 16.0 Å². The lowest BCUT2D eigenvalue weighted by Gasteiger charge is -2.08. The number of hydrazine groups is 1. The summed E-state index contributed by atoms with van der Waals surface area (Å²) in [6, 6.07) is 10.8. The molecule has 0 aliphatic carbocycles. The maximum atomic E-state index is 12.5. The van der Waals surface area contributed by atoms with Gasteiger partial charge in [-0.25, -0.2) is 0 Å². The van der Waals surface area contributed by atoms with Crippen LogP contribution < -0.4 is 10.9 Å². The summed E-state index contributed by atoms with van der Waals surface area (Å²) in [6.07, 6.45) is 0.902. The third kappa shape index (κ3) is 3.76. The van der Waals surface area contributed by atoms with Gasteiger partial charge >= 0.3 is 0 Å². The van der Waals surface area contributed by atoms with Gasteiger partial charge < -0.3 is 4.52 Å². The van der Waals surface area contributed by atoms with Crippen molar-refractivity contribution in [2.45, 2.75) is 34.1 Å². The van der Waals surface area contributed by atoms with Gasteiger partial charge in [0.15, 0.2) is 5.82 Å². The topological polar surface area (TPSA) is 89.2 Å². The molecule has 0 aliphatic rings. The fourth-order valence-corrected chi connectivity index (χ4v) is 2.95. The van der Waals surface area contributed by atoms with Gasteiger partial charge in [0.1, 0.15) is 5.76 Å². The van der Waals surface area contributed by atoms with Crippen molar-refractivity contribution < 1.29 is 14.1 Å². The van der Waals surface area contributed by atoms with Crippen LogP contribution in [0.2, 0.25) is 0 Å². The Kier molecular flexibility index (Phi) is 5.12. The minimum atomic E-state index is -0.395. The van der Waals surface area contributed by atoms with Crippen molar-refractivity contribution in [3.63, 3.8) is 0 Å². The van der Waals surface area contributed by atoms with Crippen molar-refractivity contribution in [2.75, 3.05) is 0 Å². The lowest BCUT2D eigenvalue weighted by molar-refractivity contribution is 0.0846. The average molecular weight is 366 g/mol. The van der Waals surface area contributed by atoms with Crippen LogP contribution in [0.15, 0.2) is 40.9 Å². The lowest BCUT2D eigenvalue weighted by Crippen LogP contribution is -2.41. The molecule has 2 N–H and O–H groups in total. The number of benzene rings is 1. The van der Waals surface area contributed by atoms with Gasteiger partial charge in [-0.2, -0.15) is 0 Å². The van der Waals surface area contributed by atoms with Crippen LogP contribution in [0.4, 0.5) is 0 Å². The van der Waals surface area contributed by atoms with Crippen LogP contribution >= 0.6 is 0 Å². The van der Waals surface area contributed by atoms with Crippen molar-refractivity contribution in [1.82, 2.24) is 20.6 Å². The molecule has 0 fully saturated rings. The Labute approximate surface area is 157 Å². The van der Waals surface area contributed by atoms with Crippen LogP contribution in [0.25, 0.3) is 5.82 Å². The predicted molar refractivity (Wildman–Crippen MR) is 101 cm³/mol. The van der Waals surface area contributed by atoms with E-state index in [4.69, 9.17) is 4.52 Å². The van der Waals surface area contributed by atoms with E-state index >= 15 is 0 Å². The fraction of sp³-hybridized carbons (Fsp3) is 0.250. The third-order valence-corrected chi connectivity index (χ3v) is 4.43. The number of carbonyl (C=O) groups excluding carboxylic acids is 2. The van der Waals surface area contributed by atoms with E-state index in [1.165, 1.54) is 0 Å². The van der Waals surface area contributed by atoms with Crippen molar-refractivity contribution in [3.8, 4) is 5.82 Å². The highest BCUT2D eigenvalue weighted by molar-refractivity contribution is 5.99. The van der Waals surface area contributed by atoms with Crippen LogP contribution in [0, 0.1) is 20.8 Å². The first kappa shape index (κ1) is 18.4. The molecular weight excluding hydrogens is 344 g/mol. The van der Waals surface area contributed by atoms with Crippen molar-refractivity contribution >= 4 is 11.8 Å².